The van der Waals surface area contributed by atoms with Crippen LogP contribution in [0.25, 0.3) is 11.3 Å². The van der Waals surface area contributed by atoms with Gasteiger partial charge in [-0.25, -0.2) is 9.97 Å². The molecule has 0 fully saturated rings. The van der Waals surface area contributed by atoms with E-state index in [2.05, 4.69) is 15.3 Å². The Hall–Kier alpha value is -1.54. The van der Waals surface area contributed by atoms with Crippen molar-refractivity contribution < 1.29 is 4.79 Å². The predicted octanol–water partition coefficient (Wildman–Crippen LogP) is 4.97. The number of carbonyl (C=O) groups excluding carboxylic acids is 1. The number of nitrogens with zero attached hydrogens (tertiary/aromatic N) is 3. The molecule has 0 radical (unpaired) electrons. The van der Waals surface area contributed by atoms with Gasteiger partial charge in [-0.15, -0.1) is 11.3 Å². The fourth-order valence-corrected chi connectivity index (χ4v) is 4.16. The van der Waals surface area contributed by atoms with E-state index in [9.17, 15) is 4.79 Å². The summed E-state index contributed by atoms with van der Waals surface area (Å²) < 4.78 is 1.92. The number of amides is 1. The normalized spacial score (nSPS) is 10.8. The van der Waals surface area contributed by atoms with E-state index in [4.69, 9.17) is 23.2 Å². The average molecular weight is 413 g/mol. The number of hydrogen-bond donors (Lipinski definition) is 1. The quantitative estimate of drug-likeness (QED) is 0.580. The van der Waals surface area contributed by atoms with Gasteiger partial charge >= 0.3 is 0 Å². The number of hydrogen-bond acceptors (Lipinski definition) is 5. The zero-order valence-corrected chi connectivity index (χ0v) is 16.3. The molecule has 0 unspecified atom stereocenters. The van der Waals surface area contributed by atoms with Crippen LogP contribution in [0.15, 0.2) is 41.1 Å². The van der Waals surface area contributed by atoms with Crippen LogP contribution in [0.3, 0.4) is 0 Å². The third-order valence-corrected chi connectivity index (χ3v) is 5.66. The minimum absolute atomic E-state index is 0.0789. The molecule has 0 bridgehead atoms. The molecule has 0 aliphatic carbocycles. The molecule has 2 heterocycles. The van der Waals surface area contributed by atoms with Gasteiger partial charge in [0.2, 0.25) is 5.91 Å². The SMILES string of the molecule is Cn1ccnc1SCCC(=O)Nc1nc(-c2ccc(Cl)cc2Cl)cs1. The summed E-state index contributed by atoms with van der Waals surface area (Å²) in [7, 11) is 1.92. The number of halogens is 2. The Bertz CT molecular complexity index is 894. The summed E-state index contributed by atoms with van der Waals surface area (Å²) >= 11 is 15.0. The summed E-state index contributed by atoms with van der Waals surface area (Å²) in [6, 6.07) is 5.24. The largest absolute Gasteiger partial charge is 0.329 e. The van der Waals surface area contributed by atoms with Crippen LogP contribution < -0.4 is 5.32 Å². The number of aryl methyl sites for hydroxylation is 1. The van der Waals surface area contributed by atoms with E-state index in [0.717, 1.165) is 10.7 Å². The molecule has 2 aromatic heterocycles. The minimum atomic E-state index is -0.0789. The first-order valence-corrected chi connectivity index (χ1v) is 9.96. The third kappa shape index (κ3) is 4.76. The molecule has 3 aromatic rings. The zero-order valence-electron chi connectivity index (χ0n) is 13.2. The monoisotopic (exact) mass is 412 g/mol. The molecule has 9 heteroatoms. The van der Waals surface area contributed by atoms with Crippen molar-refractivity contribution in [2.24, 2.45) is 7.05 Å². The molecular formula is C16H14Cl2N4OS2. The van der Waals surface area contributed by atoms with Crippen molar-refractivity contribution in [1.82, 2.24) is 14.5 Å². The summed E-state index contributed by atoms with van der Waals surface area (Å²) in [6.07, 6.45) is 4.00. The molecular weight excluding hydrogens is 399 g/mol. The number of thiazole rings is 1. The number of carbonyl (C=O) groups is 1. The number of nitrogens with one attached hydrogen (secondary N) is 1. The molecule has 0 saturated heterocycles. The lowest BCUT2D eigenvalue weighted by atomic mass is 10.2. The Labute approximate surface area is 163 Å². The van der Waals surface area contributed by atoms with Gasteiger partial charge in [-0.1, -0.05) is 35.0 Å². The fourth-order valence-electron chi connectivity index (χ4n) is 2.06. The first-order valence-electron chi connectivity index (χ1n) is 7.34. The Kier molecular flexibility index (Phi) is 6.01. The first-order chi connectivity index (χ1) is 12.0. The number of benzene rings is 1. The number of imidazole rings is 1. The second-order valence-electron chi connectivity index (χ2n) is 5.13. The molecule has 0 saturated carbocycles. The number of thioether (sulfide) groups is 1. The van der Waals surface area contributed by atoms with E-state index in [-0.39, 0.29) is 5.91 Å². The van der Waals surface area contributed by atoms with E-state index >= 15 is 0 Å². The van der Waals surface area contributed by atoms with Crippen molar-refractivity contribution in [3.05, 3.63) is 46.0 Å². The Balaban J connectivity index is 1.55. The van der Waals surface area contributed by atoms with Crippen molar-refractivity contribution in [3.8, 4) is 11.3 Å². The van der Waals surface area contributed by atoms with Gasteiger partial charge in [0.25, 0.3) is 0 Å². The molecule has 0 aliphatic rings. The number of anilines is 1. The third-order valence-electron chi connectivity index (χ3n) is 3.29. The lowest BCUT2D eigenvalue weighted by Crippen LogP contribution is -2.12. The van der Waals surface area contributed by atoms with Crippen LogP contribution in [0.4, 0.5) is 5.13 Å². The average Bonchev–Trinajstić information content (AvgIpc) is 3.17. The summed E-state index contributed by atoms with van der Waals surface area (Å²) in [4.78, 5) is 20.7. The fraction of sp³-hybridized carbons (Fsp3) is 0.188. The van der Waals surface area contributed by atoms with Crippen LogP contribution in [-0.2, 0) is 11.8 Å². The topological polar surface area (TPSA) is 59.8 Å². The van der Waals surface area contributed by atoms with Crippen LogP contribution in [-0.4, -0.2) is 26.2 Å². The van der Waals surface area contributed by atoms with Gasteiger partial charge in [-0.05, 0) is 18.2 Å². The van der Waals surface area contributed by atoms with Crippen molar-refractivity contribution in [1.29, 1.82) is 0 Å². The smallest absolute Gasteiger partial charge is 0.226 e. The van der Waals surface area contributed by atoms with Crippen LogP contribution >= 0.6 is 46.3 Å². The van der Waals surface area contributed by atoms with Gasteiger partial charge in [-0.3, -0.25) is 4.79 Å². The van der Waals surface area contributed by atoms with Gasteiger partial charge in [0.1, 0.15) is 0 Å². The molecule has 25 heavy (non-hydrogen) atoms. The van der Waals surface area contributed by atoms with E-state index in [1.807, 2.05) is 29.3 Å². The molecule has 5 nitrogen and oxygen atoms in total. The van der Waals surface area contributed by atoms with Crippen LogP contribution in [0.2, 0.25) is 10.0 Å². The number of rotatable bonds is 6. The van der Waals surface area contributed by atoms with Crippen LogP contribution in [0.5, 0.6) is 0 Å². The summed E-state index contributed by atoms with van der Waals surface area (Å²) in [5, 5.41) is 7.21. The van der Waals surface area contributed by atoms with Gasteiger partial charge < -0.3 is 9.88 Å². The number of aromatic nitrogens is 3. The highest BCUT2D eigenvalue weighted by Crippen LogP contribution is 2.32. The van der Waals surface area contributed by atoms with Crippen molar-refractivity contribution in [2.45, 2.75) is 11.6 Å². The molecule has 1 aromatic carbocycles. The maximum atomic E-state index is 12.1. The van der Waals surface area contributed by atoms with Gasteiger partial charge in [-0.2, -0.15) is 0 Å². The molecule has 0 aliphatic heterocycles. The van der Waals surface area contributed by atoms with Crippen molar-refractivity contribution in [3.63, 3.8) is 0 Å². The maximum absolute atomic E-state index is 12.1. The second-order valence-corrected chi connectivity index (χ2v) is 7.89. The van der Waals surface area contributed by atoms with E-state index in [0.29, 0.717) is 33.0 Å². The van der Waals surface area contributed by atoms with E-state index in [1.165, 1.54) is 11.3 Å². The molecule has 1 amide bonds. The summed E-state index contributed by atoms with van der Waals surface area (Å²) in [5.41, 5.74) is 1.50. The minimum Gasteiger partial charge on any atom is -0.329 e. The zero-order chi connectivity index (χ0) is 17.8. The van der Waals surface area contributed by atoms with Crippen LogP contribution in [0.1, 0.15) is 6.42 Å². The van der Waals surface area contributed by atoms with E-state index < -0.39 is 0 Å². The van der Waals surface area contributed by atoms with Crippen molar-refractivity contribution >= 4 is 57.3 Å². The second kappa shape index (κ2) is 8.23. The van der Waals surface area contributed by atoms with Crippen molar-refractivity contribution in [2.75, 3.05) is 11.1 Å². The Morgan fingerprint density at radius 1 is 1.40 bits per heavy atom. The Morgan fingerprint density at radius 3 is 2.96 bits per heavy atom. The lowest BCUT2D eigenvalue weighted by Gasteiger charge is -2.03. The van der Waals surface area contributed by atoms with E-state index in [1.54, 1.807) is 30.1 Å². The molecule has 0 atom stereocenters. The van der Waals surface area contributed by atoms with Gasteiger partial charge in [0.15, 0.2) is 10.3 Å². The molecule has 3 rings (SSSR count). The predicted molar refractivity (Wildman–Crippen MR) is 105 cm³/mol. The lowest BCUT2D eigenvalue weighted by molar-refractivity contribution is -0.115. The molecule has 130 valence electrons. The van der Waals surface area contributed by atoms with Crippen LogP contribution in [0, 0.1) is 0 Å². The van der Waals surface area contributed by atoms with Gasteiger partial charge in [0, 0.05) is 47.6 Å². The molecule has 0 spiro atoms. The van der Waals surface area contributed by atoms with Gasteiger partial charge in [0.05, 0.1) is 10.7 Å². The standard InChI is InChI=1S/C16H14Cl2N4OS2/c1-22-6-5-19-16(22)24-7-4-14(23)21-15-20-13(9-25-15)11-3-2-10(17)8-12(11)18/h2-3,5-6,8-9H,4,7H2,1H3,(H,20,21,23). The molecule has 1 N–H and O–H groups in total. The highest BCUT2D eigenvalue weighted by Gasteiger charge is 2.11. The highest BCUT2D eigenvalue weighted by atomic mass is 35.5. The summed E-state index contributed by atoms with van der Waals surface area (Å²) in [5.74, 6) is 0.572. The highest BCUT2D eigenvalue weighted by molar-refractivity contribution is 7.99. The Morgan fingerprint density at radius 2 is 2.24 bits per heavy atom. The first kappa shape index (κ1) is 18.3. The summed E-state index contributed by atoms with van der Waals surface area (Å²) in [6.45, 7) is 0. The maximum Gasteiger partial charge on any atom is 0.226 e.